The van der Waals surface area contributed by atoms with Crippen molar-refractivity contribution in [3.8, 4) is 33.9 Å². The minimum absolute atomic E-state index is 0.158. The SMILES string of the molecule is C/C=C\C(=C/C)c1cccc(-c2nc(C3=CC(C4=C(C5C=CC=CC5)NC5C=CC=CC5N4C)CC=C3)cc(-c3ccc(-c4nc5ccccc5nc4C4=CCCC=C4)cc3)n2)c1. The molecule has 1 N–H and O–H groups in total. The standard InChI is InChI=1S/C57H52N6/c1-4-18-38(5-2)43-23-16-26-46(35-43)57-61-50(39-31-33-42(34-32-39)54-53(40-19-8-6-9-20-40)58-47-27-12-13-28-48(47)59-54)37-51(62-57)44-24-17-25-45(36-44)56-55(41-21-10-7-11-22-41)60-49-29-14-15-30-52(49)63(56)3/h4-5,7-8,10-21,23-24,26-37,41,45,49,52,60H,6,9,22,25H2,1-3H3/b18-4-,38-5+. The summed E-state index contributed by atoms with van der Waals surface area (Å²) in [5.41, 5.74) is 15.5. The molecule has 3 heterocycles. The van der Waals surface area contributed by atoms with Crippen LogP contribution in [0.15, 0.2) is 194 Å². The van der Waals surface area contributed by atoms with Crippen molar-refractivity contribution in [1.29, 1.82) is 0 Å². The molecule has 0 saturated heterocycles. The molecular weight excluding hydrogens is 769 g/mol. The van der Waals surface area contributed by atoms with Crippen LogP contribution in [0, 0.1) is 11.8 Å². The van der Waals surface area contributed by atoms with Gasteiger partial charge in [0.2, 0.25) is 0 Å². The van der Waals surface area contributed by atoms with Gasteiger partial charge in [-0.15, -0.1) is 0 Å². The normalized spacial score (nSPS) is 21.8. The molecule has 4 unspecified atom stereocenters. The summed E-state index contributed by atoms with van der Waals surface area (Å²) in [6, 6.07) is 28.0. The predicted molar refractivity (Wildman–Crippen MR) is 262 cm³/mol. The highest BCUT2D eigenvalue weighted by atomic mass is 15.2. The van der Waals surface area contributed by atoms with Crippen LogP contribution in [0.4, 0.5) is 0 Å². The molecule has 6 heteroatoms. The minimum atomic E-state index is 0.158. The fraction of sp³-hybridized carbons (Fsp3) is 0.193. The Morgan fingerprint density at radius 2 is 1.43 bits per heavy atom. The molecule has 3 aromatic carbocycles. The average Bonchev–Trinajstić information content (AvgIpc) is 3.35. The molecule has 5 aromatic rings. The lowest BCUT2D eigenvalue weighted by Crippen LogP contribution is -2.54. The van der Waals surface area contributed by atoms with Gasteiger partial charge >= 0.3 is 0 Å². The summed E-state index contributed by atoms with van der Waals surface area (Å²) >= 11 is 0. The maximum Gasteiger partial charge on any atom is 0.160 e. The van der Waals surface area contributed by atoms with Gasteiger partial charge in [0.15, 0.2) is 5.82 Å². The van der Waals surface area contributed by atoms with Crippen LogP contribution in [0.1, 0.15) is 56.5 Å². The number of likely N-dealkylation sites (N-methyl/N-ethyl adjacent to an activating group) is 1. The van der Waals surface area contributed by atoms with E-state index in [0.29, 0.717) is 11.7 Å². The summed E-state index contributed by atoms with van der Waals surface area (Å²) in [6.45, 7) is 4.13. The van der Waals surface area contributed by atoms with Gasteiger partial charge in [-0.25, -0.2) is 19.9 Å². The monoisotopic (exact) mass is 820 g/mol. The first-order valence-electron chi connectivity index (χ1n) is 22.4. The molecule has 0 saturated carbocycles. The summed E-state index contributed by atoms with van der Waals surface area (Å²) in [6.07, 6.45) is 41.9. The number of nitrogens with one attached hydrogen (secondary N) is 1. The van der Waals surface area contributed by atoms with Crippen molar-refractivity contribution < 1.29 is 0 Å². The second kappa shape index (κ2) is 17.7. The Hall–Kier alpha value is -7.18. The van der Waals surface area contributed by atoms with Crippen molar-refractivity contribution in [3.05, 3.63) is 211 Å². The highest BCUT2D eigenvalue weighted by molar-refractivity contribution is 5.88. The van der Waals surface area contributed by atoms with Crippen molar-refractivity contribution >= 4 is 27.8 Å². The van der Waals surface area contributed by atoms with Crippen LogP contribution in [-0.2, 0) is 0 Å². The number of hydrogen-bond acceptors (Lipinski definition) is 6. The van der Waals surface area contributed by atoms with Crippen molar-refractivity contribution in [1.82, 2.24) is 30.2 Å². The zero-order valence-corrected chi connectivity index (χ0v) is 36.2. The number of para-hydroxylation sites is 2. The Bertz CT molecular complexity index is 2930. The van der Waals surface area contributed by atoms with Gasteiger partial charge in [-0.05, 0) is 86.1 Å². The summed E-state index contributed by atoms with van der Waals surface area (Å²) in [4.78, 5) is 23.5. The van der Waals surface area contributed by atoms with Gasteiger partial charge in [-0.1, -0.05) is 158 Å². The number of aromatic nitrogens is 4. The Morgan fingerprint density at radius 3 is 2.21 bits per heavy atom. The number of hydrogen-bond donors (Lipinski definition) is 1. The van der Waals surface area contributed by atoms with Crippen LogP contribution in [-0.4, -0.2) is 44.0 Å². The van der Waals surface area contributed by atoms with Gasteiger partial charge < -0.3 is 10.2 Å². The number of allylic oxidation sites excluding steroid dienone is 18. The van der Waals surface area contributed by atoms with Crippen molar-refractivity contribution in [2.75, 3.05) is 7.05 Å². The third-order valence-corrected chi connectivity index (χ3v) is 12.7. The highest BCUT2D eigenvalue weighted by Gasteiger charge is 2.37. The van der Waals surface area contributed by atoms with Crippen molar-refractivity contribution in [2.45, 2.75) is 51.6 Å². The molecule has 0 spiro atoms. The molecule has 0 radical (unpaired) electrons. The molecular formula is C57H52N6. The van der Waals surface area contributed by atoms with E-state index in [0.717, 1.165) is 98.5 Å². The van der Waals surface area contributed by atoms with Crippen LogP contribution in [0.2, 0.25) is 0 Å². The molecule has 0 bridgehead atoms. The smallest absolute Gasteiger partial charge is 0.160 e. The Labute approximate surface area is 371 Å². The molecule has 0 amide bonds. The molecule has 4 aliphatic carbocycles. The number of rotatable bonds is 9. The molecule has 10 rings (SSSR count). The van der Waals surface area contributed by atoms with Crippen molar-refractivity contribution in [2.24, 2.45) is 11.8 Å². The second-order valence-corrected chi connectivity index (χ2v) is 16.8. The van der Waals surface area contributed by atoms with Gasteiger partial charge in [0.25, 0.3) is 0 Å². The molecule has 6 nitrogen and oxygen atoms in total. The van der Waals surface area contributed by atoms with Crippen molar-refractivity contribution in [3.63, 3.8) is 0 Å². The van der Waals surface area contributed by atoms with Crippen LogP contribution < -0.4 is 5.32 Å². The van der Waals surface area contributed by atoms with Gasteiger partial charge in [0, 0.05) is 47.0 Å². The van der Waals surface area contributed by atoms with E-state index in [4.69, 9.17) is 19.9 Å². The Balaban J connectivity index is 1.08. The maximum absolute atomic E-state index is 5.37. The van der Waals surface area contributed by atoms with Crippen LogP contribution in [0.5, 0.6) is 0 Å². The van der Waals surface area contributed by atoms with Gasteiger partial charge in [-0.2, -0.15) is 0 Å². The fourth-order valence-electron chi connectivity index (χ4n) is 9.54. The van der Waals surface area contributed by atoms with E-state index >= 15 is 0 Å². The summed E-state index contributed by atoms with van der Waals surface area (Å²) < 4.78 is 0. The molecule has 1 aliphatic heterocycles. The van der Waals surface area contributed by atoms with Gasteiger partial charge in [0.05, 0.1) is 45.9 Å². The second-order valence-electron chi connectivity index (χ2n) is 16.8. The Kier molecular flexibility index (Phi) is 11.2. The van der Waals surface area contributed by atoms with E-state index in [1.165, 1.54) is 11.4 Å². The van der Waals surface area contributed by atoms with E-state index in [1.807, 2.05) is 24.3 Å². The average molecular weight is 821 g/mol. The van der Waals surface area contributed by atoms with E-state index in [-0.39, 0.29) is 18.0 Å². The van der Waals surface area contributed by atoms with Crippen LogP contribution in [0.3, 0.4) is 0 Å². The molecule has 5 aliphatic rings. The van der Waals surface area contributed by atoms with E-state index in [2.05, 4.69) is 189 Å². The molecule has 2 aromatic heterocycles. The lowest BCUT2D eigenvalue weighted by atomic mass is 9.83. The summed E-state index contributed by atoms with van der Waals surface area (Å²) in [7, 11) is 2.27. The topological polar surface area (TPSA) is 66.8 Å². The fourth-order valence-corrected chi connectivity index (χ4v) is 9.54. The summed E-state index contributed by atoms with van der Waals surface area (Å²) in [5.74, 6) is 1.14. The van der Waals surface area contributed by atoms with Crippen LogP contribution in [0.25, 0.3) is 61.7 Å². The quantitative estimate of drug-likeness (QED) is 0.149. The first kappa shape index (κ1) is 39.9. The highest BCUT2D eigenvalue weighted by Crippen LogP contribution is 2.40. The lowest BCUT2D eigenvalue weighted by molar-refractivity contribution is 0.248. The minimum Gasteiger partial charge on any atom is -0.378 e. The molecule has 63 heavy (non-hydrogen) atoms. The first-order valence-corrected chi connectivity index (χ1v) is 22.4. The zero-order chi connectivity index (χ0) is 42.7. The summed E-state index contributed by atoms with van der Waals surface area (Å²) in [5, 5.41) is 4.01. The third kappa shape index (κ3) is 8.05. The largest absolute Gasteiger partial charge is 0.378 e. The Morgan fingerprint density at radius 1 is 0.667 bits per heavy atom. The third-order valence-electron chi connectivity index (χ3n) is 12.7. The number of nitrogens with zero attached hydrogens (tertiary/aromatic N) is 5. The number of fused-ring (bicyclic) bond motifs is 2. The van der Waals surface area contributed by atoms with E-state index < -0.39 is 0 Å². The first-order chi connectivity index (χ1) is 31.0. The molecule has 4 atom stereocenters. The number of benzene rings is 3. The maximum atomic E-state index is 5.37. The van der Waals surface area contributed by atoms with Crippen LogP contribution >= 0.6 is 0 Å². The van der Waals surface area contributed by atoms with Gasteiger partial charge in [0.1, 0.15) is 0 Å². The molecule has 310 valence electrons. The molecule has 0 fully saturated rings. The zero-order valence-electron chi connectivity index (χ0n) is 36.2. The lowest BCUT2D eigenvalue weighted by Gasteiger charge is -2.46. The van der Waals surface area contributed by atoms with Gasteiger partial charge in [-0.3, -0.25) is 0 Å². The van der Waals surface area contributed by atoms with E-state index in [9.17, 15) is 0 Å². The predicted octanol–water partition coefficient (Wildman–Crippen LogP) is 12.8. The van der Waals surface area contributed by atoms with E-state index in [1.54, 1.807) is 0 Å².